The first-order chi connectivity index (χ1) is 8.16. The predicted octanol–water partition coefficient (Wildman–Crippen LogP) is 1.05. The second-order valence-corrected chi connectivity index (χ2v) is 4.32. The molecule has 0 saturated carbocycles. The molecule has 0 bridgehead atoms. The average Bonchev–Trinajstić information content (AvgIpc) is 2.88. The van der Waals surface area contributed by atoms with E-state index in [1.165, 1.54) is 11.3 Å². The van der Waals surface area contributed by atoms with E-state index in [9.17, 15) is 0 Å². The topological polar surface area (TPSA) is 47.7 Å². The Labute approximate surface area is 101 Å². The molecule has 17 heavy (non-hydrogen) atoms. The molecule has 0 aromatic carbocycles. The summed E-state index contributed by atoms with van der Waals surface area (Å²) in [4.78, 5) is 0. The van der Waals surface area contributed by atoms with Crippen molar-refractivity contribution in [2.24, 2.45) is 14.1 Å². The normalized spacial score (nSPS) is 12.9. The Morgan fingerprint density at radius 1 is 1.35 bits per heavy atom. The first-order valence-electron chi connectivity index (χ1n) is 5.85. The molecule has 0 spiro atoms. The number of nitrogens with zero attached hydrogens (tertiary/aromatic N) is 4. The fourth-order valence-corrected chi connectivity index (χ4v) is 1.84. The molecular weight excluding hydrogens is 214 g/mol. The Hall–Kier alpha value is -1.62. The van der Waals surface area contributed by atoms with Crippen LogP contribution in [-0.2, 0) is 20.5 Å². The maximum atomic E-state index is 4.17. The Kier molecular flexibility index (Phi) is 3.58. The molecule has 0 saturated heterocycles. The van der Waals surface area contributed by atoms with Crippen molar-refractivity contribution < 1.29 is 0 Å². The molecule has 0 radical (unpaired) electrons. The highest BCUT2D eigenvalue weighted by Gasteiger charge is 2.06. The number of aryl methyl sites for hydroxylation is 2. The van der Waals surface area contributed by atoms with Crippen molar-refractivity contribution >= 4 is 0 Å². The number of rotatable bonds is 5. The van der Waals surface area contributed by atoms with Gasteiger partial charge in [-0.25, -0.2) is 0 Å². The van der Waals surface area contributed by atoms with Gasteiger partial charge in [-0.1, -0.05) is 0 Å². The van der Waals surface area contributed by atoms with Gasteiger partial charge in [-0.3, -0.25) is 9.36 Å². The standard InChI is InChI=1S/C12H19N5/c1-10(11-8-15-16(2)9-11)13-6-4-12-5-7-14-17(12)3/h5,7-10,13H,4,6H2,1-3H3. The van der Waals surface area contributed by atoms with E-state index < -0.39 is 0 Å². The molecule has 5 nitrogen and oxygen atoms in total. The van der Waals surface area contributed by atoms with Crippen LogP contribution in [0.1, 0.15) is 24.2 Å². The summed E-state index contributed by atoms with van der Waals surface area (Å²) < 4.78 is 3.74. The van der Waals surface area contributed by atoms with E-state index in [-0.39, 0.29) is 0 Å². The van der Waals surface area contributed by atoms with Crippen LogP contribution in [0.25, 0.3) is 0 Å². The third kappa shape index (κ3) is 2.94. The molecule has 2 rings (SSSR count). The van der Waals surface area contributed by atoms with E-state index >= 15 is 0 Å². The Bertz CT molecular complexity index is 471. The van der Waals surface area contributed by atoms with Crippen LogP contribution in [0.5, 0.6) is 0 Å². The molecule has 92 valence electrons. The molecule has 0 aliphatic heterocycles. The van der Waals surface area contributed by atoms with Crippen LogP contribution in [0.15, 0.2) is 24.7 Å². The van der Waals surface area contributed by atoms with Gasteiger partial charge in [-0.05, 0) is 13.0 Å². The fourth-order valence-electron chi connectivity index (χ4n) is 1.84. The zero-order valence-corrected chi connectivity index (χ0v) is 10.6. The summed E-state index contributed by atoms with van der Waals surface area (Å²) in [5.74, 6) is 0. The molecule has 0 amide bonds. The van der Waals surface area contributed by atoms with Crippen LogP contribution in [0, 0.1) is 0 Å². The van der Waals surface area contributed by atoms with Crippen molar-refractivity contribution in [3.63, 3.8) is 0 Å². The third-order valence-corrected chi connectivity index (χ3v) is 2.98. The lowest BCUT2D eigenvalue weighted by atomic mass is 10.2. The van der Waals surface area contributed by atoms with E-state index in [1.807, 2.05) is 42.0 Å². The quantitative estimate of drug-likeness (QED) is 0.839. The molecule has 1 unspecified atom stereocenters. The largest absolute Gasteiger partial charge is 0.310 e. The van der Waals surface area contributed by atoms with Gasteiger partial charge in [0.1, 0.15) is 0 Å². The monoisotopic (exact) mass is 233 g/mol. The van der Waals surface area contributed by atoms with Crippen molar-refractivity contribution in [2.45, 2.75) is 19.4 Å². The Morgan fingerprint density at radius 2 is 2.18 bits per heavy atom. The van der Waals surface area contributed by atoms with Crippen molar-refractivity contribution in [1.82, 2.24) is 24.9 Å². The summed E-state index contributed by atoms with van der Waals surface area (Å²) in [6.45, 7) is 3.09. The summed E-state index contributed by atoms with van der Waals surface area (Å²) >= 11 is 0. The minimum Gasteiger partial charge on any atom is -0.310 e. The smallest absolute Gasteiger partial charge is 0.0537 e. The molecule has 5 heteroatoms. The first-order valence-corrected chi connectivity index (χ1v) is 5.85. The number of aromatic nitrogens is 4. The van der Waals surface area contributed by atoms with E-state index in [4.69, 9.17) is 0 Å². The number of hydrogen-bond acceptors (Lipinski definition) is 3. The highest BCUT2D eigenvalue weighted by Crippen LogP contribution is 2.10. The molecule has 0 fully saturated rings. The average molecular weight is 233 g/mol. The van der Waals surface area contributed by atoms with Crippen LogP contribution in [-0.4, -0.2) is 26.1 Å². The van der Waals surface area contributed by atoms with E-state index in [1.54, 1.807) is 0 Å². The third-order valence-electron chi connectivity index (χ3n) is 2.98. The van der Waals surface area contributed by atoms with Crippen LogP contribution >= 0.6 is 0 Å². The summed E-state index contributed by atoms with van der Waals surface area (Å²) in [6, 6.07) is 2.38. The summed E-state index contributed by atoms with van der Waals surface area (Å²) in [6.07, 6.45) is 6.77. The van der Waals surface area contributed by atoms with E-state index in [0.29, 0.717) is 6.04 Å². The fraction of sp³-hybridized carbons (Fsp3) is 0.500. The van der Waals surface area contributed by atoms with Crippen molar-refractivity contribution in [1.29, 1.82) is 0 Å². The highest BCUT2D eigenvalue weighted by atomic mass is 15.3. The molecule has 0 aliphatic rings. The lowest BCUT2D eigenvalue weighted by Gasteiger charge is -2.11. The van der Waals surface area contributed by atoms with Gasteiger partial charge in [0.2, 0.25) is 0 Å². The van der Waals surface area contributed by atoms with Gasteiger partial charge >= 0.3 is 0 Å². The molecule has 2 aromatic heterocycles. The maximum absolute atomic E-state index is 4.17. The zero-order valence-electron chi connectivity index (χ0n) is 10.6. The van der Waals surface area contributed by atoms with Crippen molar-refractivity contribution in [3.05, 3.63) is 35.9 Å². The van der Waals surface area contributed by atoms with Gasteiger partial charge in [-0.2, -0.15) is 10.2 Å². The number of hydrogen-bond donors (Lipinski definition) is 1. The SMILES string of the molecule is CC(NCCc1ccnn1C)c1cnn(C)c1. The summed E-state index contributed by atoms with van der Waals surface area (Å²) in [7, 11) is 3.91. The van der Waals surface area contributed by atoms with Gasteiger partial charge in [0, 0.05) is 56.8 Å². The number of nitrogens with one attached hydrogen (secondary N) is 1. The maximum Gasteiger partial charge on any atom is 0.0537 e. The van der Waals surface area contributed by atoms with E-state index in [0.717, 1.165) is 13.0 Å². The van der Waals surface area contributed by atoms with Crippen molar-refractivity contribution in [2.75, 3.05) is 6.54 Å². The molecule has 1 N–H and O–H groups in total. The molecular formula is C12H19N5. The Morgan fingerprint density at radius 3 is 2.76 bits per heavy atom. The molecule has 0 aliphatic carbocycles. The second kappa shape index (κ2) is 5.14. The van der Waals surface area contributed by atoms with Crippen molar-refractivity contribution in [3.8, 4) is 0 Å². The van der Waals surface area contributed by atoms with Gasteiger partial charge in [0.05, 0.1) is 6.20 Å². The highest BCUT2D eigenvalue weighted by molar-refractivity contribution is 5.09. The zero-order chi connectivity index (χ0) is 12.3. The first kappa shape index (κ1) is 11.9. The van der Waals surface area contributed by atoms with Crippen LogP contribution in [0.4, 0.5) is 0 Å². The summed E-state index contributed by atoms with van der Waals surface area (Å²) in [5.41, 5.74) is 2.47. The predicted molar refractivity (Wildman–Crippen MR) is 66.5 cm³/mol. The van der Waals surface area contributed by atoms with E-state index in [2.05, 4.69) is 28.5 Å². The van der Waals surface area contributed by atoms with Gasteiger partial charge in [0.25, 0.3) is 0 Å². The van der Waals surface area contributed by atoms with Crippen LogP contribution in [0.2, 0.25) is 0 Å². The Balaban J connectivity index is 1.81. The van der Waals surface area contributed by atoms with Crippen LogP contribution < -0.4 is 5.32 Å². The summed E-state index contributed by atoms with van der Waals surface area (Å²) in [5, 5.41) is 11.8. The van der Waals surface area contributed by atoms with Crippen LogP contribution in [0.3, 0.4) is 0 Å². The van der Waals surface area contributed by atoms with Gasteiger partial charge in [-0.15, -0.1) is 0 Å². The lowest BCUT2D eigenvalue weighted by molar-refractivity contribution is 0.563. The lowest BCUT2D eigenvalue weighted by Crippen LogP contribution is -2.21. The molecule has 2 heterocycles. The second-order valence-electron chi connectivity index (χ2n) is 4.32. The molecule has 1 atom stereocenters. The van der Waals surface area contributed by atoms with Gasteiger partial charge < -0.3 is 5.32 Å². The molecule has 2 aromatic rings. The van der Waals surface area contributed by atoms with Gasteiger partial charge in [0.15, 0.2) is 0 Å². The minimum absolute atomic E-state index is 0.330. The minimum atomic E-state index is 0.330.